The SMILES string of the molecule is COCC1CCN(C(=O)c2nc(C(C)C)ncc2N)C1. The molecule has 1 aliphatic heterocycles. The van der Waals surface area contributed by atoms with Crippen molar-refractivity contribution in [2.45, 2.75) is 26.2 Å². The minimum absolute atomic E-state index is 0.106. The Kier molecular flexibility index (Phi) is 4.54. The molecule has 1 aliphatic rings. The largest absolute Gasteiger partial charge is 0.396 e. The first-order valence-electron chi connectivity index (χ1n) is 6.93. The molecule has 1 atom stereocenters. The zero-order valence-electron chi connectivity index (χ0n) is 12.3. The van der Waals surface area contributed by atoms with Crippen LogP contribution < -0.4 is 5.73 Å². The van der Waals surface area contributed by atoms with Gasteiger partial charge in [0.2, 0.25) is 0 Å². The fourth-order valence-electron chi connectivity index (χ4n) is 2.39. The van der Waals surface area contributed by atoms with Gasteiger partial charge in [0, 0.05) is 32.0 Å². The van der Waals surface area contributed by atoms with Gasteiger partial charge in [-0.1, -0.05) is 13.8 Å². The third-order valence-electron chi connectivity index (χ3n) is 3.53. The number of ether oxygens (including phenoxy) is 1. The predicted molar refractivity (Wildman–Crippen MR) is 76.4 cm³/mol. The Bertz CT molecular complexity index is 490. The van der Waals surface area contributed by atoms with Crippen molar-refractivity contribution in [1.29, 1.82) is 0 Å². The number of anilines is 1. The quantitative estimate of drug-likeness (QED) is 0.897. The van der Waals surface area contributed by atoms with Gasteiger partial charge in [-0.3, -0.25) is 4.79 Å². The fourth-order valence-corrected chi connectivity index (χ4v) is 2.39. The second kappa shape index (κ2) is 6.17. The standard InChI is InChI=1S/C14H22N4O2/c1-9(2)13-16-6-11(15)12(17-13)14(19)18-5-4-10(7-18)8-20-3/h6,9-10H,4-5,7-8,15H2,1-3H3. The number of carbonyl (C=O) groups excluding carboxylic acids is 1. The van der Waals surface area contributed by atoms with Crippen LogP contribution in [0.3, 0.4) is 0 Å². The molecule has 0 aliphatic carbocycles. The van der Waals surface area contributed by atoms with Crippen LogP contribution in [0, 0.1) is 5.92 Å². The maximum Gasteiger partial charge on any atom is 0.274 e. The average molecular weight is 278 g/mol. The molecule has 1 unspecified atom stereocenters. The molecule has 1 fully saturated rings. The van der Waals surface area contributed by atoms with Gasteiger partial charge in [-0.2, -0.15) is 0 Å². The molecular weight excluding hydrogens is 256 g/mol. The van der Waals surface area contributed by atoms with E-state index in [0.29, 0.717) is 36.3 Å². The van der Waals surface area contributed by atoms with Gasteiger partial charge in [0.1, 0.15) is 5.82 Å². The van der Waals surface area contributed by atoms with Crippen LogP contribution in [0.2, 0.25) is 0 Å². The summed E-state index contributed by atoms with van der Waals surface area (Å²) in [6, 6.07) is 0. The van der Waals surface area contributed by atoms with E-state index in [9.17, 15) is 4.79 Å². The van der Waals surface area contributed by atoms with Gasteiger partial charge >= 0.3 is 0 Å². The van der Waals surface area contributed by atoms with E-state index in [2.05, 4.69) is 9.97 Å². The molecule has 0 aromatic carbocycles. The van der Waals surface area contributed by atoms with E-state index in [4.69, 9.17) is 10.5 Å². The topological polar surface area (TPSA) is 81.3 Å². The Hall–Kier alpha value is -1.69. The van der Waals surface area contributed by atoms with Crippen LogP contribution in [-0.2, 0) is 4.74 Å². The zero-order chi connectivity index (χ0) is 14.7. The summed E-state index contributed by atoms with van der Waals surface area (Å²) in [6.45, 7) is 6.09. The molecule has 6 nitrogen and oxygen atoms in total. The summed E-state index contributed by atoms with van der Waals surface area (Å²) in [5.41, 5.74) is 6.52. The first-order valence-corrected chi connectivity index (χ1v) is 6.93. The van der Waals surface area contributed by atoms with Crippen molar-refractivity contribution in [3.63, 3.8) is 0 Å². The number of rotatable bonds is 4. The summed E-state index contributed by atoms with van der Waals surface area (Å²) in [5, 5.41) is 0. The number of carbonyl (C=O) groups is 1. The number of amides is 1. The monoisotopic (exact) mass is 278 g/mol. The number of aromatic nitrogens is 2. The maximum atomic E-state index is 12.5. The molecule has 0 spiro atoms. The maximum absolute atomic E-state index is 12.5. The first-order chi connectivity index (χ1) is 9.52. The van der Waals surface area contributed by atoms with Crippen LogP contribution in [0.25, 0.3) is 0 Å². The van der Waals surface area contributed by atoms with E-state index >= 15 is 0 Å². The molecule has 6 heteroatoms. The van der Waals surface area contributed by atoms with Crippen molar-refractivity contribution in [1.82, 2.24) is 14.9 Å². The molecule has 0 radical (unpaired) electrons. The molecule has 2 N–H and O–H groups in total. The van der Waals surface area contributed by atoms with E-state index < -0.39 is 0 Å². The lowest BCUT2D eigenvalue weighted by atomic mass is 10.1. The number of nitrogens with two attached hydrogens (primary N) is 1. The van der Waals surface area contributed by atoms with E-state index in [0.717, 1.165) is 13.0 Å². The van der Waals surface area contributed by atoms with Crippen LogP contribution in [0.15, 0.2) is 6.20 Å². The number of nitrogen functional groups attached to an aromatic ring is 1. The Labute approximate surface area is 119 Å². The highest BCUT2D eigenvalue weighted by molar-refractivity contribution is 5.97. The summed E-state index contributed by atoms with van der Waals surface area (Å²) >= 11 is 0. The van der Waals surface area contributed by atoms with Crippen molar-refractivity contribution in [2.75, 3.05) is 32.5 Å². The predicted octanol–water partition coefficient (Wildman–Crippen LogP) is 1.29. The summed E-state index contributed by atoms with van der Waals surface area (Å²) in [5.74, 6) is 1.11. The van der Waals surface area contributed by atoms with Crippen molar-refractivity contribution in [2.24, 2.45) is 5.92 Å². The number of hydrogen-bond donors (Lipinski definition) is 1. The highest BCUT2D eigenvalue weighted by atomic mass is 16.5. The van der Waals surface area contributed by atoms with Crippen molar-refractivity contribution < 1.29 is 9.53 Å². The summed E-state index contributed by atoms with van der Waals surface area (Å²) < 4.78 is 5.15. The lowest BCUT2D eigenvalue weighted by molar-refractivity contribution is 0.0770. The van der Waals surface area contributed by atoms with Crippen LogP contribution >= 0.6 is 0 Å². The van der Waals surface area contributed by atoms with Crippen LogP contribution in [0.1, 0.15) is 42.5 Å². The molecule has 1 saturated heterocycles. The second-order valence-electron chi connectivity index (χ2n) is 5.55. The van der Waals surface area contributed by atoms with Gasteiger partial charge in [0.15, 0.2) is 5.69 Å². The minimum atomic E-state index is -0.106. The van der Waals surface area contributed by atoms with E-state index in [-0.39, 0.29) is 11.8 Å². The lowest BCUT2D eigenvalue weighted by Gasteiger charge is -2.17. The van der Waals surface area contributed by atoms with E-state index in [1.54, 1.807) is 12.0 Å². The summed E-state index contributed by atoms with van der Waals surface area (Å²) in [6.07, 6.45) is 2.49. The molecule has 20 heavy (non-hydrogen) atoms. The number of methoxy groups -OCH3 is 1. The van der Waals surface area contributed by atoms with E-state index in [1.807, 2.05) is 13.8 Å². The first kappa shape index (κ1) is 14.7. The number of nitrogens with zero attached hydrogens (tertiary/aromatic N) is 3. The highest BCUT2D eigenvalue weighted by Gasteiger charge is 2.29. The third kappa shape index (κ3) is 3.07. The van der Waals surface area contributed by atoms with Crippen LogP contribution in [-0.4, -0.2) is 47.6 Å². The molecule has 2 rings (SSSR count). The van der Waals surface area contributed by atoms with Gasteiger partial charge < -0.3 is 15.4 Å². The summed E-state index contributed by atoms with van der Waals surface area (Å²) in [4.78, 5) is 22.8. The van der Waals surface area contributed by atoms with E-state index in [1.165, 1.54) is 6.20 Å². The normalized spacial score (nSPS) is 18.8. The Balaban J connectivity index is 2.15. The smallest absolute Gasteiger partial charge is 0.274 e. The molecule has 0 bridgehead atoms. The average Bonchev–Trinajstić information content (AvgIpc) is 2.87. The van der Waals surface area contributed by atoms with Crippen LogP contribution in [0.5, 0.6) is 0 Å². The second-order valence-corrected chi connectivity index (χ2v) is 5.55. The van der Waals surface area contributed by atoms with Crippen molar-refractivity contribution >= 4 is 11.6 Å². The van der Waals surface area contributed by atoms with Crippen LogP contribution in [0.4, 0.5) is 5.69 Å². The Morgan fingerprint density at radius 3 is 3.00 bits per heavy atom. The van der Waals surface area contributed by atoms with Crippen molar-refractivity contribution in [3.8, 4) is 0 Å². The van der Waals surface area contributed by atoms with Gasteiger partial charge in [0.05, 0.1) is 18.5 Å². The van der Waals surface area contributed by atoms with Gasteiger partial charge in [-0.25, -0.2) is 9.97 Å². The molecule has 1 amide bonds. The fraction of sp³-hybridized carbons (Fsp3) is 0.643. The number of likely N-dealkylation sites (tertiary alicyclic amines) is 1. The van der Waals surface area contributed by atoms with Gasteiger partial charge in [-0.05, 0) is 6.42 Å². The molecular formula is C14H22N4O2. The van der Waals surface area contributed by atoms with Gasteiger partial charge in [-0.15, -0.1) is 0 Å². The zero-order valence-corrected chi connectivity index (χ0v) is 12.3. The van der Waals surface area contributed by atoms with Gasteiger partial charge in [0.25, 0.3) is 5.91 Å². The highest BCUT2D eigenvalue weighted by Crippen LogP contribution is 2.21. The van der Waals surface area contributed by atoms with Crippen molar-refractivity contribution in [3.05, 3.63) is 17.7 Å². The summed E-state index contributed by atoms with van der Waals surface area (Å²) in [7, 11) is 1.68. The minimum Gasteiger partial charge on any atom is -0.396 e. The molecule has 1 aromatic heterocycles. The lowest BCUT2D eigenvalue weighted by Crippen LogP contribution is -2.31. The molecule has 1 aromatic rings. The Morgan fingerprint density at radius 1 is 1.60 bits per heavy atom. The number of hydrogen-bond acceptors (Lipinski definition) is 5. The molecule has 0 saturated carbocycles. The molecule has 2 heterocycles. The molecule has 110 valence electrons. The Morgan fingerprint density at radius 2 is 2.35 bits per heavy atom. The third-order valence-corrected chi connectivity index (χ3v) is 3.53.